The molecular weight excluding hydrogens is 268 g/mol. The lowest BCUT2D eigenvalue weighted by Crippen LogP contribution is -2.21. The molecular formula is C9H7F6NO2. The Morgan fingerprint density at radius 2 is 1.67 bits per heavy atom. The molecule has 0 amide bonds. The number of rotatable bonds is 2. The molecule has 0 atom stereocenters. The molecule has 0 aromatic carbocycles. The van der Waals surface area contributed by atoms with Crippen LogP contribution in [0.5, 0.6) is 11.5 Å². The summed E-state index contributed by atoms with van der Waals surface area (Å²) >= 11 is 0. The van der Waals surface area contributed by atoms with E-state index in [2.05, 4.69) is 14.5 Å². The summed E-state index contributed by atoms with van der Waals surface area (Å²) in [5.74, 6) is -2.25. The highest BCUT2D eigenvalue weighted by Crippen LogP contribution is 2.44. The molecule has 1 heterocycles. The highest BCUT2D eigenvalue weighted by molar-refractivity contribution is 5.47. The van der Waals surface area contributed by atoms with Crippen LogP contribution in [0.25, 0.3) is 0 Å². The van der Waals surface area contributed by atoms with Gasteiger partial charge in [-0.1, -0.05) is 0 Å². The fourth-order valence-electron chi connectivity index (χ4n) is 1.29. The second-order valence-corrected chi connectivity index (χ2v) is 3.16. The smallest absolute Gasteiger partial charge is 0.494 e. The first-order valence-electron chi connectivity index (χ1n) is 4.42. The molecule has 1 aromatic heterocycles. The summed E-state index contributed by atoms with van der Waals surface area (Å²) < 4.78 is 81.8. The summed E-state index contributed by atoms with van der Waals surface area (Å²) in [5.41, 5.74) is -1.84. The third kappa shape index (κ3) is 3.17. The number of pyridine rings is 1. The summed E-state index contributed by atoms with van der Waals surface area (Å²) in [6, 6.07) is 0. The van der Waals surface area contributed by atoms with Gasteiger partial charge < -0.3 is 9.47 Å². The molecule has 18 heavy (non-hydrogen) atoms. The van der Waals surface area contributed by atoms with E-state index in [-0.39, 0.29) is 5.69 Å². The Labute approximate surface area is 97.3 Å². The van der Waals surface area contributed by atoms with Crippen LogP contribution in [0.1, 0.15) is 11.3 Å². The van der Waals surface area contributed by atoms with Gasteiger partial charge in [-0.05, 0) is 6.92 Å². The van der Waals surface area contributed by atoms with Crippen molar-refractivity contribution in [3.8, 4) is 11.5 Å². The number of aromatic nitrogens is 1. The normalized spacial score (nSPS) is 12.4. The maximum atomic E-state index is 12.7. The molecule has 0 radical (unpaired) electrons. The van der Waals surface area contributed by atoms with Gasteiger partial charge in [-0.3, -0.25) is 4.98 Å². The SMILES string of the molecule is COc1c(C)ncc(OC(F)(F)F)c1C(F)(F)F. The van der Waals surface area contributed by atoms with Gasteiger partial charge in [-0.25, -0.2) is 0 Å². The average molecular weight is 275 g/mol. The molecule has 0 spiro atoms. The monoisotopic (exact) mass is 275 g/mol. The van der Waals surface area contributed by atoms with Crippen molar-refractivity contribution in [2.75, 3.05) is 7.11 Å². The van der Waals surface area contributed by atoms with Crippen LogP contribution in [-0.2, 0) is 6.18 Å². The van der Waals surface area contributed by atoms with Crippen LogP contribution in [0.2, 0.25) is 0 Å². The van der Waals surface area contributed by atoms with Gasteiger partial charge in [-0.2, -0.15) is 13.2 Å². The quantitative estimate of drug-likeness (QED) is 0.776. The van der Waals surface area contributed by atoms with E-state index in [1.165, 1.54) is 6.92 Å². The molecule has 0 aliphatic rings. The third-order valence-corrected chi connectivity index (χ3v) is 1.89. The Morgan fingerprint density at radius 3 is 2.06 bits per heavy atom. The van der Waals surface area contributed by atoms with Gasteiger partial charge in [0, 0.05) is 0 Å². The standard InChI is InChI=1S/C9H7F6NO2/c1-4-7(17-2)6(8(10,11)12)5(3-16-4)18-9(13,14)15/h3H,1-2H3. The molecule has 0 unspecified atom stereocenters. The minimum atomic E-state index is -5.25. The van der Waals surface area contributed by atoms with Crippen LogP contribution in [-0.4, -0.2) is 18.5 Å². The molecule has 102 valence electrons. The largest absolute Gasteiger partial charge is 0.573 e. The first kappa shape index (κ1) is 14.4. The number of methoxy groups -OCH3 is 1. The molecule has 0 saturated carbocycles. The number of halogens is 6. The molecule has 0 aliphatic heterocycles. The second-order valence-electron chi connectivity index (χ2n) is 3.16. The zero-order chi connectivity index (χ0) is 14.1. The van der Waals surface area contributed by atoms with Gasteiger partial charge in [-0.15, -0.1) is 13.2 Å². The molecule has 3 nitrogen and oxygen atoms in total. The fraction of sp³-hybridized carbons (Fsp3) is 0.444. The lowest BCUT2D eigenvalue weighted by Gasteiger charge is -2.18. The summed E-state index contributed by atoms with van der Waals surface area (Å²) in [7, 11) is 0.899. The number of ether oxygens (including phenoxy) is 2. The molecule has 0 saturated heterocycles. The summed E-state index contributed by atoms with van der Waals surface area (Å²) in [6.45, 7) is 1.17. The van der Waals surface area contributed by atoms with Crippen LogP contribution in [0.3, 0.4) is 0 Å². The van der Waals surface area contributed by atoms with Gasteiger partial charge in [0.25, 0.3) is 0 Å². The molecule has 1 aromatic rings. The maximum absolute atomic E-state index is 12.7. The third-order valence-electron chi connectivity index (χ3n) is 1.89. The van der Waals surface area contributed by atoms with Gasteiger partial charge in [0.15, 0.2) is 11.5 Å². The van der Waals surface area contributed by atoms with Crippen LogP contribution in [0.15, 0.2) is 6.20 Å². The van der Waals surface area contributed by atoms with E-state index in [9.17, 15) is 26.3 Å². The zero-order valence-electron chi connectivity index (χ0n) is 9.11. The van der Waals surface area contributed by atoms with Crippen LogP contribution in [0.4, 0.5) is 26.3 Å². The topological polar surface area (TPSA) is 31.4 Å². The van der Waals surface area contributed by atoms with Crippen LogP contribution >= 0.6 is 0 Å². The highest BCUT2D eigenvalue weighted by atomic mass is 19.4. The van der Waals surface area contributed by atoms with E-state index in [4.69, 9.17) is 0 Å². The van der Waals surface area contributed by atoms with Crippen LogP contribution < -0.4 is 9.47 Å². The van der Waals surface area contributed by atoms with Crippen molar-refractivity contribution in [3.05, 3.63) is 17.5 Å². The van der Waals surface area contributed by atoms with Gasteiger partial charge >= 0.3 is 12.5 Å². The Morgan fingerprint density at radius 1 is 1.11 bits per heavy atom. The van der Waals surface area contributed by atoms with E-state index < -0.39 is 29.6 Å². The van der Waals surface area contributed by atoms with Gasteiger partial charge in [0.05, 0.1) is 19.0 Å². The Hall–Kier alpha value is -1.67. The minimum absolute atomic E-state index is 0.195. The first-order valence-corrected chi connectivity index (χ1v) is 4.42. The van der Waals surface area contributed by atoms with Crippen molar-refractivity contribution in [1.82, 2.24) is 4.98 Å². The van der Waals surface area contributed by atoms with Crippen molar-refractivity contribution >= 4 is 0 Å². The van der Waals surface area contributed by atoms with Gasteiger partial charge in [0.1, 0.15) is 5.56 Å². The van der Waals surface area contributed by atoms with Crippen molar-refractivity contribution < 1.29 is 35.8 Å². The van der Waals surface area contributed by atoms with E-state index in [1.54, 1.807) is 0 Å². The molecule has 9 heteroatoms. The predicted octanol–water partition coefficient (Wildman–Crippen LogP) is 3.32. The van der Waals surface area contributed by atoms with Crippen LogP contribution in [0, 0.1) is 6.92 Å². The number of alkyl halides is 6. The number of hydrogen-bond acceptors (Lipinski definition) is 3. The Balaban J connectivity index is 3.43. The fourth-order valence-corrected chi connectivity index (χ4v) is 1.29. The van der Waals surface area contributed by atoms with Gasteiger partial charge in [0.2, 0.25) is 0 Å². The van der Waals surface area contributed by atoms with Crippen molar-refractivity contribution in [1.29, 1.82) is 0 Å². The summed E-state index contributed by atoms with van der Waals surface area (Å²) in [5, 5.41) is 0. The zero-order valence-corrected chi connectivity index (χ0v) is 9.11. The van der Waals surface area contributed by atoms with Crippen molar-refractivity contribution in [2.45, 2.75) is 19.5 Å². The average Bonchev–Trinajstić information content (AvgIpc) is 2.16. The molecule has 0 aliphatic carbocycles. The number of aryl methyl sites for hydroxylation is 1. The summed E-state index contributed by atoms with van der Waals surface area (Å²) in [4.78, 5) is 3.36. The lowest BCUT2D eigenvalue weighted by atomic mass is 10.2. The van der Waals surface area contributed by atoms with E-state index in [0.717, 1.165) is 7.11 Å². The molecule has 0 bridgehead atoms. The van der Waals surface area contributed by atoms with E-state index >= 15 is 0 Å². The Kier molecular flexibility index (Phi) is 3.63. The molecule has 1 rings (SSSR count). The van der Waals surface area contributed by atoms with Crippen molar-refractivity contribution in [3.63, 3.8) is 0 Å². The van der Waals surface area contributed by atoms with Crippen molar-refractivity contribution in [2.24, 2.45) is 0 Å². The number of hydrogen-bond donors (Lipinski definition) is 0. The molecule has 0 N–H and O–H groups in total. The van der Waals surface area contributed by atoms with E-state index in [0.29, 0.717) is 6.20 Å². The highest BCUT2D eigenvalue weighted by Gasteiger charge is 2.43. The second kappa shape index (κ2) is 4.54. The lowest BCUT2D eigenvalue weighted by molar-refractivity contribution is -0.276. The Bertz CT molecular complexity index is 440. The maximum Gasteiger partial charge on any atom is 0.573 e. The van der Waals surface area contributed by atoms with E-state index in [1.807, 2.05) is 0 Å². The minimum Gasteiger partial charge on any atom is -0.494 e. The first-order chi connectivity index (χ1) is 8.06. The molecule has 0 fully saturated rings. The summed E-state index contributed by atoms with van der Waals surface area (Å²) in [6.07, 6.45) is -9.95. The number of nitrogens with zero attached hydrogens (tertiary/aromatic N) is 1. The predicted molar refractivity (Wildman–Crippen MR) is 47.2 cm³/mol.